The van der Waals surface area contributed by atoms with E-state index >= 15 is 0 Å². The molecule has 27 heavy (non-hydrogen) atoms. The second-order valence-electron chi connectivity index (χ2n) is 6.27. The lowest BCUT2D eigenvalue weighted by molar-refractivity contribution is 0.415. The second kappa shape index (κ2) is 7.46. The Morgan fingerprint density at radius 3 is 1.59 bits per heavy atom. The van der Waals surface area contributed by atoms with Crippen LogP contribution in [0.1, 0.15) is 12.5 Å². The second-order valence-corrected chi connectivity index (χ2v) is 6.27. The highest BCUT2D eigenvalue weighted by molar-refractivity contribution is 5.68. The number of rotatable bonds is 5. The molecule has 0 radical (unpaired) electrons. The predicted octanol–water partition coefficient (Wildman–Crippen LogP) is 5.64. The summed E-state index contributed by atoms with van der Waals surface area (Å²) in [5.41, 5.74) is 5.37. The molecule has 0 bridgehead atoms. The van der Waals surface area contributed by atoms with Crippen LogP contribution < -0.4 is 4.74 Å². The average molecular weight is 356 g/mol. The number of aromatic nitrogens is 2. The maximum Gasteiger partial charge on any atom is 0.248 e. The Morgan fingerprint density at radius 1 is 0.667 bits per heavy atom. The van der Waals surface area contributed by atoms with Gasteiger partial charge >= 0.3 is 0 Å². The maximum absolute atomic E-state index is 5.87. The van der Waals surface area contributed by atoms with Crippen molar-refractivity contribution in [2.75, 3.05) is 7.11 Å². The maximum atomic E-state index is 5.87. The summed E-state index contributed by atoms with van der Waals surface area (Å²) in [5, 5.41) is 8.38. The van der Waals surface area contributed by atoms with Crippen molar-refractivity contribution >= 4 is 0 Å². The minimum absolute atomic E-state index is 0.519. The van der Waals surface area contributed by atoms with E-state index in [0.29, 0.717) is 11.8 Å². The fourth-order valence-electron chi connectivity index (χ4n) is 2.93. The van der Waals surface area contributed by atoms with Crippen LogP contribution in [0.2, 0.25) is 0 Å². The van der Waals surface area contributed by atoms with E-state index in [0.717, 1.165) is 34.4 Å². The molecule has 0 spiro atoms. The summed E-state index contributed by atoms with van der Waals surface area (Å²) in [6.45, 7) is 2.13. The highest BCUT2D eigenvalue weighted by Crippen LogP contribution is 2.27. The van der Waals surface area contributed by atoms with Crippen LogP contribution in [0.3, 0.4) is 0 Å². The van der Waals surface area contributed by atoms with Gasteiger partial charge in [-0.1, -0.05) is 43.3 Å². The van der Waals surface area contributed by atoms with Crippen LogP contribution in [0.25, 0.3) is 34.0 Å². The third-order valence-corrected chi connectivity index (χ3v) is 4.59. The molecule has 0 saturated heterocycles. The molecule has 0 fully saturated rings. The number of ether oxygens (including phenoxy) is 1. The number of aryl methyl sites for hydroxylation is 1. The SMILES string of the molecule is CCc1ccc(-c2nnc(-c3ccc(-c4ccc(OC)cc4)cc3)o2)cc1. The number of benzene rings is 3. The highest BCUT2D eigenvalue weighted by Gasteiger charge is 2.10. The van der Waals surface area contributed by atoms with Crippen molar-refractivity contribution in [1.82, 2.24) is 10.2 Å². The molecule has 4 aromatic rings. The normalized spacial score (nSPS) is 10.7. The molecule has 1 heterocycles. The number of nitrogens with zero attached hydrogens (tertiary/aromatic N) is 2. The van der Waals surface area contributed by atoms with Gasteiger partial charge in [0.25, 0.3) is 0 Å². The zero-order chi connectivity index (χ0) is 18.6. The van der Waals surface area contributed by atoms with Gasteiger partial charge in [0.05, 0.1) is 7.11 Å². The molecule has 1 aromatic heterocycles. The van der Waals surface area contributed by atoms with E-state index in [-0.39, 0.29) is 0 Å². The Balaban J connectivity index is 1.56. The first-order chi connectivity index (χ1) is 13.3. The number of hydrogen-bond donors (Lipinski definition) is 0. The van der Waals surface area contributed by atoms with Crippen LogP contribution in [0.5, 0.6) is 5.75 Å². The summed E-state index contributed by atoms with van der Waals surface area (Å²) in [7, 11) is 1.67. The number of methoxy groups -OCH3 is 1. The van der Waals surface area contributed by atoms with Gasteiger partial charge in [-0.15, -0.1) is 10.2 Å². The average Bonchev–Trinajstić information content (AvgIpc) is 3.24. The summed E-state index contributed by atoms with van der Waals surface area (Å²) >= 11 is 0. The molecule has 4 heteroatoms. The zero-order valence-electron chi connectivity index (χ0n) is 15.3. The molecule has 0 amide bonds. The Kier molecular flexibility index (Phi) is 4.71. The van der Waals surface area contributed by atoms with Gasteiger partial charge in [0.2, 0.25) is 11.8 Å². The first kappa shape index (κ1) is 17.0. The van der Waals surface area contributed by atoms with Gasteiger partial charge in [-0.05, 0) is 59.5 Å². The molecule has 0 N–H and O–H groups in total. The minimum atomic E-state index is 0.519. The smallest absolute Gasteiger partial charge is 0.248 e. The molecule has 0 aliphatic heterocycles. The van der Waals surface area contributed by atoms with Crippen molar-refractivity contribution in [3.8, 4) is 39.8 Å². The lowest BCUT2D eigenvalue weighted by Gasteiger charge is -2.04. The minimum Gasteiger partial charge on any atom is -0.497 e. The Labute approximate surface area is 158 Å². The quantitative estimate of drug-likeness (QED) is 0.464. The van der Waals surface area contributed by atoms with Gasteiger partial charge < -0.3 is 9.15 Å². The van der Waals surface area contributed by atoms with Crippen molar-refractivity contribution < 1.29 is 9.15 Å². The fraction of sp³-hybridized carbons (Fsp3) is 0.130. The zero-order valence-corrected chi connectivity index (χ0v) is 15.3. The van der Waals surface area contributed by atoms with Gasteiger partial charge in [0.1, 0.15) is 5.75 Å². The van der Waals surface area contributed by atoms with Crippen LogP contribution in [0.4, 0.5) is 0 Å². The standard InChI is InChI=1S/C23H20N2O2/c1-3-16-4-6-19(7-5-16)22-24-25-23(27-22)20-10-8-17(9-11-20)18-12-14-21(26-2)15-13-18/h4-15H,3H2,1-2H3. The summed E-state index contributed by atoms with van der Waals surface area (Å²) in [6, 6.07) is 24.3. The molecular weight excluding hydrogens is 336 g/mol. The van der Waals surface area contributed by atoms with Gasteiger partial charge in [0.15, 0.2) is 0 Å². The van der Waals surface area contributed by atoms with E-state index in [1.807, 2.05) is 48.5 Å². The molecule has 4 nitrogen and oxygen atoms in total. The molecule has 0 aliphatic carbocycles. The molecule has 4 rings (SSSR count). The van der Waals surface area contributed by atoms with Crippen molar-refractivity contribution in [3.05, 3.63) is 78.4 Å². The molecule has 0 saturated carbocycles. The van der Waals surface area contributed by atoms with Crippen molar-refractivity contribution in [3.63, 3.8) is 0 Å². The monoisotopic (exact) mass is 356 g/mol. The molecule has 0 aliphatic rings. The lowest BCUT2D eigenvalue weighted by Crippen LogP contribution is -1.83. The first-order valence-electron chi connectivity index (χ1n) is 8.94. The van der Waals surface area contributed by atoms with E-state index < -0.39 is 0 Å². The summed E-state index contributed by atoms with van der Waals surface area (Å²) in [5.74, 6) is 1.90. The van der Waals surface area contributed by atoms with E-state index in [1.54, 1.807) is 7.11 Å². The van der Waals surface area contributed by atoms with Crippen molar-refractivity contribution in [1.29, 1.82) is 0 Å². The highest BCUT2D eigenvalue weighted by atomic mass is 16.5. The van der Waals surface area contributed by atoms with Gasteiger partial charge in [-0.2, -0.15) is 0 Å². The molecule has 3 aromatic carbocycles. The predicted molar refractivity (Wildman–Crippen MR) is 107 cm³/mol. The van der Waals surface area contributed by atoms with Gasteiger partial charge in [-0.25, -0.2) is 0 Å². The van der Waals surface area contributed by atoms with E-state index in [1.165, 1.54) is 5.56 Å². The van der Waals surface area contributed by atoms with E-state index in [4.69, 9.17) is 9.15 Å². The third kappa shape index (κ3) is 3.60. The Morgan fingerprint density at radius 2 is 1.11 bits per heavy atom. The lowest BCUT2D eigenvalue weighted by atomic mass is 10.0. The molecule has 0 atom stereocenters. The first-order valence-corrected chi connectivity index (χ1v) is 8.94. The summed E-state index contributed by atoms with van der Waals surface area (Å²) in [4.78, 5) is 0. The van der Waals surface area contributed by atoms with Crippen LogP contribution in [0, 0.1) is 0 Å². The Bertz CT molecular complexity index is 1020. The van der Waals surface area contributed by atoms with Crippen molar-refractivity contribution in [2.45, 2.75) is 13.3 Å². The third-order valence-electron chi connectivity index (χ3n) is 4.59. The van der Waals surface area contributed by atoms with Gasteiger partial charge in [-0.3, -0.25) is 0 Å². The summed E-state index contributed by atoms with van der Waals surface area (Å²) in [6.07, 6.45) is 1.01. The van der Waals surface area contributed by atoms with Crippen LogP contribution in [0.15, 0.2) is 77.2 Å². The summed E-state index contributed by atoms with van der Waals surface area (Å²) < 4.78 is 11.1. The van der Waals surface area contributed by atoms with Crippen LogP contribution in [-0.2, 0) is 6.42 Å². The topological polar surface area (TPSA) is 48.2 Å². The molecule has 134 valence electrons. The fourth-order valence-corrected chi connectivity index (χ4v) is 2.93. The van der Waals surface area contributed by atoms with Crippen LogP contribution >= 0.6 is 0 Å². The molecular formula is C23H20N2O2. The van der Waals surface area contributed by atoms with Crippen molar-refractivity contribution in [2.24, 2.45) is 0 Å². The van der Waals surface area contributed by atoms with Gasteiger partial charge in [0, 0.05) is 11.1 Å². The molecule has 0 unspecified atom stereocenters. The Hall–Kier alpha value is -3.40. The van der Waals surface area contributed by atoms with E-state index in [2.05, 4.69) is 41.4 Å². The largest absolute Gasteiger partial charge is 0.497 e. The van der Waals surface area contributed by atoms with E-state index in [9.17, 15) is 0 Å². The van der Waals surface area contributed by atoms with Crippen LogP contribution in [-0.4, -0.2) is 17.3 Å². The number of hydrogen-bond acceptors (Lipinski definition) is 4.